The van der Waals surface area contributed by atoms with E-state index < -0.39 is 0 Å². The second-order valence-corrected chi connectivity index (χ2v) is 12.9. The molecule has 0 saturated carbocycles. The molecule has 0 aliphatic rings. The fourth-order valence-electron chi connectivity index (χ4n) is 7.95. The van der Waals surface area contributed by atoms with Gasteiger partial charge in [0.25, 0.3) is 0 Å². The number of terminal acetylenes is 1. The van der Waals surface area contributed by atoms with E-state index in [2.05, 4.69) is 154 Å². The third-order valence-electron chi connectivity index (χ3n) is 10.2. The van der Waals surface area contributed by atoms with Crippen LogP contribution in [0.2, 0.25) is 0 Å². The highest BCUT2D eigenvalue weighted by Crippen LogP contribution is 2.46. The molecule has 4 heterocycles. The predicted molar refractivity (Wildman–Crippen MR) is 214 cm³/mol. The van der Waals surface area contributed by atoms with Crippen LogP contribution in [0.3, 0.4) is 0 Å². The highest BCUT2D eigenvalue weighted by atomic mass is 15.2. The van der Waals surface area contributed by atoms with Crippen LogP contribution >= 0.6 is 0 Å². The lowest BCUT2D eigenvalue weighted by Gasteiger charge is -2.12. The number of allylic oxidation sites excluding steroid dienone is 4. The Morgan fingerprint density at radius 3 is 1.86 bits per heavy atom. The monoisotopic (exact) mass is 650 g/mol. The van der Waals surface area contributed by atoms with Crippen molar-refractivity contribution in [3.63, 3.8) is 0 Å². The van der Waals surface area contributed by atoms with E-state index in [0.717, 1.165) is 44.7 Å². The summed E-state index contributed by atoms with van der Waals surface area (Å²) in [5.74, 6) is 3.23. The summed E-state index contributed by atoms with van der Waals surface area (Å²) in [4.78, 5) is 10.7. The highest BCUT2D eigenvalue weighted by Gasteiger charge is 2.25. The number of aromatic nitrogens is 4. The second-order valence-electron chi connectivity index (χ2n) is 12.9. The highest BCUT2D eigenvalue weighted by molar-refractivity contribution is 6.35. The molecule has 0 unspecified atom stereocenters. The summed E-state index contributed by atoms with van der Waals surface area (Å²) in [7, 11) is 0. The molecule has 0 spiro atoms. The summed E-state index contributed by atoms with van der Waals surface area (Å²) in [6.07, 6.45) is 11.3. The van der Waals surface area contributed by atoms with Gasteiger partial charge in [-0.15, -0.1) is 6.42 Å². The Balaban J connectivity index is 1.30. The van der Waals surface area contributed by atoms with Gasteiger partial charge in [-0.25, -0.2) is 9.97 Å². The van der Waals surface area contributed by atoms with Crippen molar-refractivity contribution in [2.24, 2.45) is 0 Å². The van der Waals surface area contributed by atoms with Crippen LogP contribution in [0.5, 0.6) is 0 Å². The predicted octanol–water partition coefficient (Wildman–Crippen LogP) is 11.7. The van der Waals surface area contributed by atoms with Gasteiger partial charge in [-0.1, -0.05) is 121 Å². The quantitative estimate of drug-likeness (QED) is 0.137. The van der Waals surface area contributed by atoms with Crippen LogP contribution in [-0.2, 0) is 0 Å². The van der Waals surface area contributed by atoms with Gasteiger partial charge in [-0.05, 0) is 60.5 Å². The summed E-state index contributed by atoms with van der Waals surface area (Å²) >= 11 is 0. The molecule has 0 aliphatic heterocycles. The zero-order valence-corrected chi connectivity index (χ0v) is 27.9. The Hall–Kier alpha value is -6.96. The molecule has 4 aromatic heterocycles. The number of benzene rings is 6. The van der Waals surface area contributed by atoms with E-state index in [-0.39, 0.29) is 0 Å². The van der Waals surface area contributed by atoms with E-state index in [0.29, 0.717) is 5.95 Å². The van der Waals surface area contributed by atoms with Crippen LogP contribution in [0, 0.1) is 12.3 Å². The number of para-hydroxylation sites is 3. The first kappa shape index (κ1) is 29.0. The topological polar surface area (TPSA) is 35.1 Å². The number of rotatable bonds is 5. The van der Waals surface area contributed by atoms with E-state index in [4.69, 9.17) is 16.4 Å². The molecule has 6 aromatic carbocycles. The van der Waals surface area contributed by atoms with Gasteiger partial charge in [0, 0.05) is 43.4 Å². The first-order chi connectivity index (χ1) is 25.2. The zero-order valence-electron chi connectivity index (χ0n) is 27.9. The van der Waals surface area contributed by atoms with Gasteiger partial charge < -0.3 is 4.40 Å². The number of nitrogens with zero attached hydrogens (tertiary/aromatic N) is 4. The van der Waals surface area contributed by atoms with Crippen LogP contribution in [0.25, 0.3) is 93.9 Å². The molecule has 238 valence electrons. The van der Waals surface area contributed by atoms with E-state index in [1.54, 1.807) is 6.08 Å². The molecule has 0 aliphatic carbocycles. The van der Waals surface area contributed by atoms with Crippen molar-refractivity contribution in [3.8, 4) is 40.8 Å². The van der Waals surface area contributed by atoms with Gasteiger partial charge in [0.05, 0.1) is 39.0 Å². The molecule has 0 atom stereocenters. The summed E-state index contributed by atoms with van der Waals surface area (Å²) < 4.78 is 4.71. The Morgan fingerprint density at radius 1 is 0.588 bits per heavy atom. The second kappa shape index (κ2) is 11.3. The van der Waals surface area contributed by atoms with Crippen molar-refractivity contribution in [2.75, 3.05) is 0 Å². The van der Waals surface area contributed by atoms with Gasteiger partial charge >= 0.3 is 0 Å². The molecular formula is C47H30N4. The van der Waals surface area contributed by atoms with Crippen molar-refractivity contribution in [3.05, 3.63) is 163 Å². The van der Waals surface area contributed by atoms with Crippen LogP contribution < -0.4 is 0 Å². The molecule has 10 rings (SSSR count). The molecule has 10 aromatic rings. The van der Waals surface area contributed by atoms with Crippen molar-refractivity contribution in [1.82, 2.24) is 18.9 Å². The minimum Gasteiger partial charge on any atom is -0.308 e. The molecule has 0 radical (unpaired) electrons. The van der Waals surface area contributed by atoms with Crippen LogP contribution in [-0.4, -0.2) is 18.9 Å². The van der Waals surface area contributed by atoms with E-state index in [1.165, 1.54) is 48.9 Å². The first-order valence-corrected chi connectivity index (χ1v) is 17.2. The lowest BCUT2D eigenvalue weighted by Crippen LogP contribution is -2.04. The van der Waals surface area contributed by atoms with Gasteiger partial charge in [0.15, 0.2) is 0 Å². The van der Waals surface area contributed by atoms with Gasteiger partial charge in [0.2, 0.25) is 5.95 Å². The zero-order chi connectivity index (χ0) is 34.1. The van der Waals surface area contributed by atoms with Crippen molar-refractivity contribution >= 4 is 65.5 Å². The maximum atomic E-state index is 5.50. The fourth-order valence-corrected chi connectivity index (χ4v) is 7.95. The van der Waals surface area contributed by atoms with Crippen molar-refractivity contribution in [2.45, 2.75) is 6.92 Å². The number of hydrogen-bond donors (Lipinski definition) is 0. The van der Waals surface area contributed by atoms with Crippen LogP contribution in [0.1, 0.15) is 12.5 Å². The molecule has 4 nitrogen and oxygen atoms in total. The Labute approximate surface area is 294 Å². The lowest BCUT2D eigenvalue weighted by atomic mass is 10.0. The number of fused-ring (bicyclic) bond motifs is 10. The Morgan fingerprint density at radius 2 is 1.18 bits per heavy atom. The molecular weight excluding hydrogens is 621 g/mol. The largest absolute Gasteiger partial charge is 0.308 e. The summed E-state index contributed by atoms with van der Waals surface area (Å²) in [5.41, 5.74) is 11.8. The minimum atomic E-state index is 0.634. The van der Waals surface area contributed by atoms with Crippen LogP contribution in [0.4, 0.5) is 0 Å². The molecule has 0 saturated heterocycles. The third kappa shape index (κ3) is 4.29. The third-order valence-corrected chi connectivity index (χ3v) is 10.2. The molecule has 4 heteroatoms. The first-order valence-electron chi connectivity index (χ1n) is 17.2. The molecule has 0 amide bonds. The summed E-state index contributed by atoms with van der Waals surface area (Å²) in [5, 5.41) is 7.36. The molecule has 0 N–H and O–H groups in total. The van der Waals surface area contributed by atoms with Gasteiger partial charge in [-0.2, -0.15) is 0 Å². The average molecular weight is 651 g/mol. The smallest absolute Gasteiger partial charge is 0.235 e. The van der Waals surface area contributed by atoms with E-state index in [9.17, 15) is 0 Å². The van der Waals surface area contributed by atoms with Crippen molar-refractivity contribution < 1.29 is 0 Å². The Kier molecular flexibility index (Phi) is 6.43. The van der Waals surface area contributed by atoms with Crippen LogP contribution in [0.15, 0.2) is 158 Å². The summed E-state index contributed by atoms with van der Waals surface area (Å²) in [6, 6.07) is 49.5. The molecule has 51 heavy (non-hydrogen) atoms. The normalized spacial score (nSPS) is 12.4. The summed E-state index contributed by atoms with van der Waals surface area (Å²) in [6.45, 7) is 2.02. The van der Waals surface area contributed by atoms with Crippen molar-refractivity contribution in [1.29, 1.82) is 0 Å². The molecule has 0 fully saturated rings. The number of hydrogen-bond acceptors (Lipinski definition) is 2. The standard InChI is InChI=1S/C47H30N4/c1-3-5-15-30(4-2)31-24-26-33(27-25-31)39-29-38(32-16-7-6-8-17-32)48-47(49-39)51-42-23-14-10-19-35(42)44-43(51)28-37-34-18-9-12-21-40(34)50-41-22-13-11-20-36(41)45(44)46(37)50/h1,4-29H,2H3/b15-5-,30-4+. The average Bonchev–Trinajstić information content (AvgIpc) is 3.83. The van der Waals surface area contributed by atoms with E-state index in [1.807, 2.05) is 19.1 Å². The maximum absolute atomic E-state index is 5.50. The Bertz CT molecular complexity index is 3080. The SMILES string of the molecule is C#C/C=C\C(=C/C)c1ccc(-c2cc(-c3ccccc3)nc(-n3c4ccccc4c4c5c6ccccc6n6c7ccccc7c(cc43)c56)n2)cc1. The van der Waals surface area contributed by atoms with Gasteiger partial charge in [-0.3, -0.25) is 4.57 Å². The fraction of sp³-hybridized carbons (Fsp3) is 0.0213. The lowest BCUT2D eigenvalue weighted by molar-refractivity contribution is 0.996. The molecule has 0 bridgehead atoms. The maximum Gasteiger partial charge on any atom is 0.235 e. The van der Waals surface area contributed by atoms with E-state index >= 15 is 0 Å². The minimum absolute atomic E-state index is 0.634. The van der Waals surface area contributed by atoms with Gasteiger partial charge in [0.1, 0.15) is 0 Å².